The molecule has 0 aliphatic rings. The second-order valence-corrected chi connectivity index (χ2v) is 3.29. The highest BCUT2D eigenvalue weighted by Crippen LogP contribution is 1.90. The third-order valence-corrected chi connectivity index (χ3v) is 1.81. The molecule has 3 amide bonds. The van der Waals surface area contributed by atoms with Gasteiger partial charge in [0.25, 0.3) is 0 Å². The number of aliphatic carboxylic acids is 1. The number of carbonyl (C=O) groups is 3. The van der Waals surface area contributed by atoms with Gasteiger partial charge in [-0.3, -0.25) is 4.79 Å². The maximum atomic E-state index is 11.2. The van der Waals surface area contributed by atoms with E-state index in [0.29, 0.717) is 0 Å². The molecule has 1 unspecified atom stereocenters. The minimum atomic E-state index is -1.21. The fourth-order valence-electron chi connectivity index (χ4n) is 1.01. The molecule has 8 heteroatoms. The van der Waals surface area contributed by atoms with E-state index >= 15 is 0 Å². The zero-order valence-corrected chi connectivity index (χ0v) is 9.52. The molecule has 0 radical (unpaired) electrons. The lowest BCUT2D eigenvalue weighted by atomic mass is 10.2. The van der Waals surface area contributed by atoms with Crippen molar-refractivity contribution < 1.29 is 24.6 Å². The van der Waals surface area contributed by atoms with Gasteiger partial charge in [0.05, 0.1) is 0 Å². The van der Waals surface area contributed by atoms with Gasteiger partial charge >= 0.3 is 12.0 Å². The van der Waals surface area contributed by atoms with Crippen molar-refractivity contribution in [2.24, 2.45) is 0 Å². The Morgan fingerprint density at radius 1 is 1.18 bits per heavy atom. The first-order valence-electron chi connectivity index (χ1n) is 5.09. The Morgan fingerprint density at radius 2 is 1.76 bits per heavy atom. The minimum Gasteiger partial charge on any atom is -0.480 e. The second kappa shape index (κ2) is 8.34. The molecular formula is C9H17N3O5. The van der Waals surface area contributed by atoms with Crippen molar-refractivity contribution in [3.63, 3.8) is 0 Å². The van der Waals surface area contributed by atoms with E-state index in [1.54, 1.807) is 0 Å². The molecule has 0 aromatic heterocycles. The van der Waals surface area contributed by atoms with Crippen molar-refractivity contribution in [3.8, 4) is 0 Å². The SMILES string of the molecule is CC(=O)NCCNC(=O)NC(CCO)C(=O)O. The Balaban J connectivity index is 3.82. The number of carbonyl (C=O) groups excluding carboxylic acids is 2. The molecule has 0 saturated heterocycles. The third kappa shape index (κ3) is 8.03. The van der Waals surface area contributed by atoms with Gasteiger partial charge in [0.2, 0.25) is 5.91 Å². The zero-order valence-electron chi connectivity index (χ0n) is 9.52. The van der Waals surface area contributed by atoms with Crippen LogP contribution in [0, 0.1) is 0 Å². The smallest absolute Gasteiger partial charge is 0.326 e. The van der Waals surface area contributed by atoms with Crippen LogP contribution in [0.3, 0.4) is 0 Å². The molecule has 0 heterocycles. The minimum absolute atomic E-state index is 0.0611. The normalized spacial score (nSPS) is 11.4. The molecule has 0 aromatic carbocycles. The molecule has 0 aliphatic carbocycles. The summed E-state index contributed by atoms with van der Waals surface area (Å²) in [6, 6.07) is -1.78. The van der Waals surface area contributed by atoms with Crippen molar-refractivity contribution in [2.45, 2.75) is 19.4 Å². The van der Waals surface area contributed by atoms with Crippen LogP contribution in [0.2, 0.25) is 0 Å². The summed E-state index contributed by atoms with van der Waals surface area (Å²) in [5, 5.41) is 24.3. The average Bonchev–Trinajstić information content (AvgIpc) is 2.23. The number of urea groups is 1. The number of nitrogens with one attached hydrogen (secondary N) is 3. The summed E-state index contributed by atoms with van der Waals surface area (Å²) in [5.74, 6) is -1.42. The van der Waals surface area contributed by atoms with Crippen molar-refractivity contribution in [1.82, 2.24) is 16.0 Å². The summed E-state index contributed by atoms with van der Waals surface area (Å²) in [7, 11) is 0. The Kier molecular flexibility index (Phi) is 7.44. The molecule has 0 bridgehead atoms. The van der Waals surface area contributed by atoms with E-state index in [1.807, 2.05) is 0 Å². The first kappa shape index (κ1) is 15.2. The van der Waals surface area contributed by atoms with Gasteiger partial charge in [0.15, 0.2) is 0 Å². The number of rotatable bonds is 7. The van der Waals surface area contributed by atoms with Crippen LogP contribution in [0.25, 0.3) is 0 Å². The fraction of sp³-hybridized carbons (Fsp3) is 0.667. The van der Waals surface area contributed by atoms with Crippen LogP contribution in [-0.4, -0.2) is 53.9 Å². The molecule has 0 fully saturated rings. The lowest BCUT2D eigenvalue weighted by molar-refractivity contribution is -0.139. The predicted octanol–water partition coefficient (Wildman–Crippen LogP) is -1.74. The quantitative estimate of drug-likeness (QED) is 0.341. The summed E-state index contributed by atoms with van der Waals surface area (Å²) >= 11 is 0. The van der Waals surface area contributed by atoms with Crippen molar-refractivity contribution in [2.75, 3.05) is 19.7 Å². The van der Waals surface area contributed by atoms with E-state index in [4.69, 9.17) is 10.2 Å². The van der Waals surface area contributed by atoms with Gasteiger partial charge in [-0.05, 0) is 0 Å². The zero-order chi connectivity index (χ0) is 13.3. The van der Waals surface area contributed by atoms with Gasteiger partial charge in [0.1, 0.15) is 6.04 Å². The average molecular weight is 247 g/mol. The topological polar surface area (TPSA) is 128 Å². The number of carboxylic acid groups (broad SMARTS) is 1. The van der Waals surface area contributed by atoms with E-state index in [-0.39, 0.29) is 32.0 Å². The van der Waals surface area contributed by atoms with Crippen molar-refractivity contribution >= 4 is 17.9 Å². The molecular weight excluding hydrogens is 230 g/mol. The van der Waals surface area contributed by atoms with Gasteiger partial charge in [-0.25, -0.2) is 9.59 Å². The molecule has 98 valence electrons. The van der Waals surface area contributed by atoms with Crippen LogP contribution < -0.4 is 16.0 Å². The molecule has 0 aromatic rings. The van der Waals surface area contributed by atoms with Gasteiger partial charge in [0, 0.05) is 33.0 Å². The maximum Gasteiger partial charge on any atom is 0.326 e. The highest BCUT2D eigenvalue weighted by atomic mass is 16.4. The van der Waals surface area contributed by atoms with Crippen LogP contribution in [0.5, 0.6) is 0 Å². The maximum absolute atomic E-state index is 11.2. The third-order valence-electron chi connectivity index (χ3n) is 1.81. The fourth-order valence-corrected chi connectivity index (χ4v) is 1.01. The molecule has 17 heavy (non-hydrogen) atoms. The summed E-state index contributed by atoms with van der Waals surface area (Å²) in [4.78, 5) is 32.3. The highest BCUT2D eigenvalue weighted by Gasteiger charge is 2.18. The first-order valence-corrected chi connectivity index (χ1v) is 5.09. The van der Waals surface area contributed by atoms with E-state index in [1.165, 1.54) is 6.92 Å². The standard InChI is InChI=1S/C9H17N3O5/c1-6(14)10-3-4-11-9(17)12-7(2-5-13)8(15)16/h7,13H,2-5H2,1H3,(H,10,14)(H,15,16)(H2,11,12,17). The number of hydrogen-bond acceptors (Lipinski definition) is 4. The summed E-state index contributed by atoms with van der Waals surface area (Å²) in [5.41, 5.74) is 0. The second-order valence-electron chi connectivity index (χ2n) is 3.29. The van der Waals surface area contributed by atoms with Gasteiger partial charge in [-0.15, -0.1) is 0 Å². The molecule has 0 rings (SSSR count). The Bertz CT molecular complexity index is 282. The van der Waals surface area contributed by atoms with Crippen LogP contribution in [0.4, 0.5) is 4.79 Å². The summed E-state index contributed by atoms with van der Waals surface area (Å²) < 4.78 is 0. The lowest BCUT2D eigenvalue weighted by Gasteiger charge is -2.13. The molecule has 8 nitrogen and oxygen atoms in total. The molecule has 0 spiro atoms. The Morgan fingerprint density at radius 3 is 2.24 bits per heavy atom. The van der Waals surface area contributed by atoms with Crippen LogP contribution >= 0.6 is 0 Å². The highest BCUT2D eigenvalue weighted by molar-refractivity contribution is 5.82. The molecule has 5 N–H and O–H groups in total. The predicted molar refractivity (Wildman–Crippen MR) is 58.3 cm³/mol. The molecule has 1 atom stereocenters. The van der Waals surface area contributed by atoms with Gasteiger partial charge in [-0.2, -0.15) is 0 Å². The Labute approximate surface area is 98.4 Å². The largest absolute Gasteiger partial charge is 0.480 e. The van der Waals surface area contributed by atoms with Gasteiger partial charge in [-0.1, -0.05) is 0 Å². The summed E-state index contributed by atoms with van der Waals surface area (Å²) in [6.45, 7) is 1.47. The van der Waals surface area contributed by atoms with E-state index in [2.05, 4.69) is 16.0 Å². The number of carboxylic acids is 1. The number of amides is 3. The van der Waals surface area contributed by atoms with Crippen molar-refractivity contribution in [3.05, 3.63) is 0 Å². The van der Waals surface area contributed by atoms with Crippen LogP contribution in [-0.2, 0) is 9.59 Å². The van der Waals surface area contributed by atoms with Gasteiger partial charge < -0.3 is 26.2 Å². The van der Waals surface area contributed by atoms with E-state index in [0.717, 1.165) is 0 Å². The van der Waals surface area contributed by atoms with Crippen LogP contribution in [0.15, 0.2) is 0 Å². The number of aliphatic hydroxyl groups is 1. The van der Waals surface area contributed by atoms with Crippen LogP contribution in [0.1, 0.15) is 13.3 Å². The molecule has 0 saturated carbocycles. The Hall–Kier alpha value is -1.83. The van der Waals surface area contributed by atoms with Crippen molar-refractivity contribution in [1.29, 1.82) is 0 Å². The summed E-state index contributed by atoms with van der Waals surface area (Å²) in [6.07, 6.45) is -0.0611. The molecule has 0 aliphatic heterocycles. The monoisotopic (exact) mass is 247 g/mol. The number of aliphatic hydroxyl groups excluding tert-OH is 1. The van der Waals surface area contributed by atoms with E-state index in [9.17, 15) is 14.4 Å². The number of hydrogen-bond donors (Lipinski definition) is 5. The lowest BCUT2D eigenvalue weighted by Crippen LogP contribution is -2.47. The first-order chi connectivity index (χ1) is 7.97. The van der Waals surface area contributed by atoms with E-state index < -0.39 is 18.0 Å².